The summed E-state index contributed by atoms with van der Waals surface area (Å²) in [5.41, 5.74) is 7.19. The van der Waals surface area contributed by atoms with Crippen LogP contribution in [0.5, 0.6) is 0 Å². The third-order valence-electron chi connectivity index (χ3n) is 1.96. The van der Waals surface area contributed by atoms with Gasteiger partial charge in [0.1, 0.15) is 11.3 Å². The Morgan fingerprint density at radius 2 is 2.31 bits per heavy atom. The van der Waals surface area contributed by atoms with Crippen molar-refractivity contribution < 1.29 is 0 Å². The van der Waals surface area contributed by atoms with E-state index in [1.54, 1.807) is 23.1 Å². The lowest BCUT2D eigenvalue weighted by atomic mass is 10.5. The largest absolute Gasteiger partial charge is 0.383 e. The first-order chi connectivity index (χ1) is 6.36. The molecule has 3 N–H and O–H groups in total. The van der Waals surface area contributed by atoms with Crippen molar-refractivity contribution >= 4 is 22.8 Å². The molecule has 3 aromatic rings. The Hall–Kier alpha value is -2.11. The van der Waals surface area contributed by atoms with Gasteiger partial charge in [0.2, 0.25) is 5.78 Å². The van der Waals surface area contributed by atoms with Gasteiger partial charge in [0.15, 0.2) is 5.65 Å². The van der Waals surface area contributed by atoms with E-state index in [0.717, 1.165) is 5.52 Å². The van der Waals surface area contributed by atoms with Crippen LogP contribution in [0.1, 0.15) is 0 Å². The van der Waals surface area contributed by atoms with Gasteiger partial charge in [0.25, 0.3) is 0 Å². The maximum Gasteiger partial charge on any atom is 0.237 e. The second-order valence-electron chi connectivity index (χ2n) is 2.70. The maximum atomic E-state index is 5.86. The molecule has 0 amide bonds. The van der Waals surface area contributed by atoms with E-state index in [1.165, 1.54) is 0 Å². The third kappa shape index (κ3) is 0.689. The highest BCUT2D eigenvalue weighted by atomic mass is 15.2. The fourth-order valence-electron chi connectivity index (χ4n) is 1.34. The minimum Gasteiger partial charge on any atom is -0.383 e. The molecule has 3 heterocycles. The molecule has 0 radical (unpaired) electrons. The summed E-state index contributed by atoms with van der Waals surface area (Å²) < 4.78 is 1.71. The normalized spacial score (nSPS) is 11.4. The summed E-state index contributed by atoms with van der Waals surface area (Å²) in [6.45, 7) is 0. The average molecular weight is 174 g/mol. The number of imidazole rings is 2. The molecule has 0 spiro atoms. The first-order valence-electron chi connectivity index (χ1n) is 3.78. The zero-order chi connectivity index (χ0) is 8.84. The van der Waals surface area contributed by atoms with Gasteiger partial charge in [-0.1, -0.05) is 0 Å². The molecule has 0 aliphatic carbocycles. The number of nitrogen functional groups attached to an aromatic ring is 1. The lowest BCUT2D eigenvalue weighted by Crippen LogP contribution is -1.99. The van der Waals surface area contributed by atoms with Crippen molar-refractivity contribution in [2.24, 2.45) is 0 Å². The number of anilines is 1. The molecule has 0 aliphatic rings. The molecule has 0 unspecified atom stereocenters. The molecule has 0 saturated carbocycles. The van der Waals surface area contributed by atoms with E-state index in [0.29, 0.717) is 17.2 Å². The summed E-state index contributed by atoms with van der Waals surface area (Å²) in [7, 11) is 0. The smallest absolute Gasteiger partial charge is 0.237 e. The molecular weight excluding hydrogens is 168 g/mol. The average Bonchev–Trinajstić information content (AvgIpc) is 2.71. The van der Waals surface area contributed by atoms with Gasteiger partial charge < -0.3 is 10.7 Å². The molecule has 13 heavy (non-hydrogen) atoms. The van der Waals surface area contributed by atoms with E-state index in [1.807, 2.05) is 0 Å². The van der Waals surface area contributed by atoms with Crippen molar-refractivity contribution in [1.82, 2.24) is 24.3 Å². The second kappa shape index (κ2) is 1.98. The highest BCUT2D eigenvalue weighted by molar-refractivity contribution is 5.83. The number of nitrogens with zero attached hydrogens (tertiary/aromatic N) is 4. The van der Waals surface area contributed by atoms with Crippen molar-refractivity contribution in [3.8, 4) is 0 Å². The fraction of sp³-hybridized carbons (Fsp3) is 0. The van der Waals surface area contributed by atoms with E-state index < -0.39 is 0 Å². The number of rotatable bonds is 0. The van der Waals surface area contributed by atoms with Crippen molar-refractivity contribution in [3.05, 3.63) is 18.7 Å². The van der Waals surface area contributed by atoms with Gasteiger partial charge in [-0.05, 0) is 0 Å². The standard InChI is InChI=1S/C7H6N6/c8-5-4-6(11-3-10-4)12-7-9-1-2-13(5)7/h1-3H,8H2,(H,9,10,11,12). The van der Waals surface area contributed by atoms with Gasteiger partial charge in [0, 0.05) is 12.4 Å². The zero-order valence-corrected chi connectivity index (χ0v) is 6.60. The van der Waals surface area contributed by atoms with Gasteiger partial charge in [0.05, 0.1) is 6.33 Å². The molecule has 6 heteroatoms. The topological polar surface area (TPSA) is 84.9 Å². The molecule has 3 rings (SSSR count). The lowest BCUT2D eigenvalue weighted by molar-refractivity contribution is 1.14. The number of aromatic amines is 1. The minimum absolute atomic E-state index is 0.567. The Kier molecular flexibility index (Phi) is 0.974. The van der Waals surface area contributed by atoms with Crippen LogP contribution in [0.4, 0.5) is 5.82 Å². The van der Waals surface area contributed by atoms with E-state index in [-0.39, 0.29) is 0 Å². The Labute approximate surface area is 72.4 Å². The summed E-state index contributed by atoms with van der Waals surface area (Å²) in [4.78, 5) is 15.1. The molecule has 0 aromatic carbocycles. The van der Waals surface area contributed by atoms with Gasteiger partial charge in [-0.25, -0.2) is 9.97 Å². The van der Waals surface area contributed by atoms with Crippen LogP contribution in [-0.2, 0) is 0 Å². The fourth-order valence-corrected chi connectivity index (χ4v) is 1.34. The Balaban J connectivity index is 2.67. The van der Waals surface area contributed by atoms with Crippen molar-refractivity contribution in [2.75, 3.05) is 5.73 Å². The van der Waals surface area contributed by atoms with E-state index >= 15 is 0 Å². The molecule has 64 valence electrons. The molecule has 0 atom stereocenters. The number of hydrogen-bond donors (Lipinski definition) is 2. The number of fused-ring (bicyclic) bond motifs is 2. The van der Waals surface area contributed by atoms with Crippen LogP contribution >= 0.6 is 0 Å². The Bertz CT molecular complexity index is 528. The summed E-state index contributed by atoms with van der Waals surface area (Å²) >= 11 is 0. The number of nitrogens with two attached hydrogens (primary N) is 1. The number of aromatic nitrogens is 5. The van der Waals surface area contributed by atoms with Crippen molar-refractivity contribution in [1.29, 1.82) is 0 Å². The van der Waals surface area contributed by atoms with Crippen LogP contribution in [0, 0.1) is 0 Å². The summed E-state index contributed by atoms with van der Waals surface area (Å²) in [6, 6.07) is 0. The molecule has 0 aliphatic heterocycles. The van der Waals surface area contributed by atoms with Gasteiger partial charge in [-0.15, -0.1) is 0 Å². The summed E-state index contributed by atoms with van der Waals surface area (Å²) in [5.74, 6) is 1.15. The predicted molar refractivity (Wildman–Crippen MR) is 47.1 cm³/mol. The van der Waals surface area contributed by atoms with E-state index in [9.17, 15) is 0 Å². The van der Waals surface area contributed by atoms with Crippen LogP contribution in [0.25, 0.3) is 16.9 Å². The molecular formula is C7H6N6. The zero-order valence-electron chi connectivity index (χ0n) is 6.60. The molecule has 0 bridgehead atoms. The number of H-pyrrole nitrogens is 1. The van der Waals surface area contributed by atoms with Gasteiger partial charge in [-0.2, -0.15) is 4.98 Å². The lowest BCUT2D eigenvalue weighted by Gasteiger charge is -1.98. The molecule has 0 fully saturated rings. The third-order valence-corrected chi connectivity index (χ3v) is 1.96. The van der Waals surface area contributed by atoms with Crippen LogP contribution in [0.2, 0.25) is 0 Å². The predicted octanol–water partition coefficient (Wildman–Crippen LogP) is 0.188. The van der Waals surface area contributed by atoms with Crippen LogP contribution in [0.3, 0.4) is 0 Å². The number of nitrogens with one attached hydrogen (secondary N) is 1. The summed E-state index contributed by atoms with van der Waals surface area (Å²) in [6.07, 6.45) is 4.98. The SMILES string of the molecule is Nc1c2[nH]cnc2nc2nccn12. The van der Waals surface area contributed by atoms with Crippen LogP contribution < -0.4 is 5.73 Å². The monoisotopic (exact) mass is 174 g/mol. The minimum atomic E-state index is 0.567. The molecule has 6 nitrogen and oxygen atoms in total. The maximum absolute atomic E-state index is 5.86. The van der Waals surface area contributed by atoms with Gasteiger partial charge >= 0.3 is 0 Å². The van der Waals surface area contributed by atoms with Crippen LogP contribution in [-0.4, -0.2) is 24.3 Å². The quantitative estimate of drug-likeness (QED) is 0.509. The van der Waals surface area contributed by atoms with E-state index in [4.69, 9.17) is 5.73 Å². The van der Waals surface area contributed by atoms with Crippen molar-refractivity contribution in [3.63, 3.8) is 0 Å². The molecule has 0 saturated heterocycles. The first kappa shape index (κ1) is 6.41. The van der Waals surface area contributed by atoms with Gasteiger partial charge in [-0.3, -0.25) is 4.40 Å². The first-order valence-corrected chi connectivity index (χ1v) is 3.78. The molecule has 3 aromatic heterocycles. The Morgan fingerprint density at radius 1 is 1.38 bits per heavy atom. The number of hydrogen-bond acceptors (Lipinski definition) is 4. The highest BCUT2D eigenvalue weighted by Gasteiger charge is 2.07. The second-order valence-corrected chi connectivity index (χ2v) is 2.70. The van der Waals surface area contributed by atoms with Crippen LogP contribution in [0.15, 0.2) is 18.7 Å². The van der Waals surface area contributed by atoms with Crippen molar-refractivity contribution in [2.45, 2.75) is 0 Å². The highest BCUT2D eigenvalue weighted by Crippen LogP contribution is 2.15. The van der Waals surface area contributed by atoms with E-state index in [2.05, 4.69) is 19.9 Å². The Morgan fingerprint density at radius 3 is 3.23 bits per heavy atom. The summed E-state index contributed by atoms with van der Waals surface area (Å²) in [5, 5.41) is 0.